The van der Waals surface area contributed by atoms with E-state index in [1.165, 1.54) is 0 Å². The van der Waals surface area contributed by atoms with Crippen LogP contribution in [0.2, 0.25) is 0 Å². The lowest BCUT2D eigenvalue weighted by Crippen LogP contribution is -2.46. The first-order valence-corrected chi connectivity index (χ1v) is 6.47. The largest absolute Gasteiger partial charge is 0.481 e. The summed E-state index contributed by atoms with van der Waals surface area (Å²) in [5.74, 6) is -1.51. The summed E-state index contributed by atoms with van der Waals surface area (Å²) in [5, 5.41) is 14.4. The molecule has 0 aromatic heterocycles. The van der Waals surface area contributed by atoms with Crippen LogP contribution in [-0.4, -0.2) is 41.2 Å². The van der Waals surface area contributed by atoms with E-state index < -0.39 is 11.9 Å². The van der Waals surface area contributed by atoms with Crippen LogP contribution in [0.1, 0.15) is 20.8 Å². The summed E-state index contributed by atoms with van der Waals surface area (Å²) in [5.41, 5.74) is 0. The van der Waals surface area contributed by atoms with Gasteiger partial charge in [0.25, 0.3) is 0 Å². The minimum absolute atomic E-state index is 0.318. The van der Waals surface area contributed by atoms with Crippen molar-refractivity contribution in [2.75, 3.05) is 12.8 Å². The number of carbonyl (C=O) groups is 2. The normalized spacial score (nSPS) is 16.0. The Morgan fingerprint density at radius 3 is 2.31 bits per heavy atom. The Morgan fingerprint density at radius 1 is 1.31 bits per heavy atom. The highest BCUT2D eigenvalue weighted by molar-refractivity contribution is 7.99. The maximum atomic E-state index is 11.4. The maximum Gasteiger partial charge on any atom is 0.315 e. The number of hydrogen-bond acceptors (Lipinski definition) is 3. The Hall–Kier alpha value is -0.910. The van der Waals surface area contributed by atoms with Crippen LogP contribution in [0.25, 0.3) is 0 Å². The van der Waals surface area contributed by atoms with E-state index in [1.807, 2.05) is 13.2 Å². The van der Waals surface area contributed by atoms with Gasteiger partial charge in [0.15, 0.2) is 0 Å². The van der Waals surface area contributed by atoms with E-state index in [1.54, 1.807) is 25.6 Å². The first kappa shape index (κ1) is 15.1. The zero-order valence-electron chi connectivity index (χ0n) is 10.1. The van der Waals surface area contributed by atoms with Crippen molar-refractivity contribution in [3.05, 3.63) is 0 Å². The second-order valence-corrected chi connectivity index (χ2v) is 5.09. The molecule has 0 heterocycles. The third kappa shape index (κ3) is 5.85. The molecule has 0 rings (SSSR count). The zero-order chi connectivity index (χ0) is 12.7. The van der Waals surface area contributed by atoms with Crippen molar-refractivity contribution < 1.29 is 14.7 Å². The van der Waals surface area contributed by atoms with Crippen molar-refractivity contribution in [2.45, 2.75) is 32.1 Å². The van der Waals surface area contributed by atoms with E-state index in [0.29, 0.717) is 11.8 Å². The third-order valence-electron chi connectivity index (χ3n) is 2.45. The Morgan fingerprint density at radius 2 is 1.88 bits per heavy atom. The number of carboxylic acid groups (broad SMARTS) is 1. The molecule has 16 heavy (non-hydrogen) atoms. The monoisotopic (exact) mass is 248 g/mol. The molecule has 0 bridgehead atoms. The highest BCUT2D eigenvalue weighted by Gasteiger charge is 2.20. The van der Waals surface area contributed by atoms with Crippen LogP contribution in [-0.2, 0) is 4.79 Å². The molecule has 0 spiro atoms. The molecule has 94 valence electrons. The number of amides is 2. The quantitative estimate of drug-likeness (QED) is 0.659. The highest BCUT2D eigenvalue weighted by atomic mass is 32.2. The summed E-state index contributed by atoms with van der Waals surface area (Å²) in [6, 6.07) is -0.705. The van der Waals surface area contributed by atoms with Gasteiger partial charge in [-0.25, -0.2) is 4.79 Å². The molecule has 0 aromatic carbocycles. The number of carbonyl (C=O) groups excluding carboxylic acids is 1. The molecule has 0 aliphatic heterocycles. The number of urea groups is 1. The van der Waals surface area contributed by atoms with E-state index in [0.717, 1.165) is 0 Å². The molecule has 0 aliphatic carbocycles. The Kier molecular flexibility index (Phi) is 6.96. The van der Waals surface area contributed by atoms with Gasteiger partial charge in [0, 0.05) is 17.8 Å². The number of nitrogens with one attached hydrogen (secondary N) is 2. The topological polar surface area (TPSA) is 78.4 Å². The van der Waals surface area contributed by atoms with Crippen molar-refractivity contribution in [1.82, 2.24) is 10.6 Å². The summed E-state index contributed by atoms with van der Waals surface area (Å²) in [6.07, 6.45) is 1.97. The minimum atomic E-state index is -0.912. The summed E-state index contributed by atoms with van der Waals surface area (Å²) in [6.45, 7) is 5.82. The molecule has 3 atom stereocenters. The fraction of sp³-hybridized carbons (Fsp3) is 0.800. The molecule has 0 saturated carbocycles. The van der Waals surface area contributed by atoms with Crippen molar-refractivity contribution >= 4 is 23.8 Å². The molecule has 0 aromatic rings. The summed E-state index contributed by atoms with van der Waals surface area (Å²) >= 11 is 1.66. The number of carboxylic acids is 1. The number of thioether (sulfide) groups is 1. The smallest absolute Gasteiger partial charge is 0.315 e. The second kappa shape index (κ2) is 7.38. The third-order valence-corrected chi connectivity index (χ3v) is 3.42. The summed E-state index contributed by atoms with van der Waals surface area (Å²) in [4.78, 5) is 22.0. The number of aliphatic carboxylic acids is 1. The first-order chi connectivity index (χ1) is 7.38. The van der Waals surface area contributed by atoms with Gasteiger partial charge in [0.2, 0.25) is 0 Å². The lowest BCUT2D eigenvalue weighted by Gasteiger charge is -2.18. The fourth-order valence-electron chi connectivity index (χ4n) is 0.916. The van der Waals surface area contributed by atoms with Crippen LogP contribution >= 0.6 is 11.8 Å². The van der Waals surface area contributed by atoms with Gasteiger partial charge in [-0.05, 0) is 20.1 Å². The fourth-order valence-corrected chi connectivity index (χ4v) is 1.17. The molecular formula is C10H20N2O3S. The van der Waals surface area contributed by atoms with Gasteiger partial charge < -0.3 is 15.7 Å². The van der Waals surface area contributed by atoms with Crippen molar-refractivity contribution in [2.24, 2.45) is 5.92 Å². The SMILES string of the molecule is CSC(C)CNC(=O)NC(C)C(C)C(=O)O. The van der Waals surface area contributed by atoms with Gasteiger partial charge in [0.05, 0.1) is 5.92 Å². The molecule has 0 radical (unpaired) electrons. The lowest BCUT2D eigenvalue weighted by molar-refractivity contribution is -0.141. The van der Waals surface area contributed by atoms with Gasteiger partial charge in [-0.3, -0.25) is 4.79 Å². The Labute approximate surface area is 100 Å². The highest BCUT2D eigenvalue weighted by Crippen LogP contribution is 2.03. The van der Waals surface area contributed by atoms with E-state index in [4.69, 9.17) is 5.11 Å². The van der Waals surface area contributed by atoms with Crippen molar-refractivity contribution in [3.63, 3.8) is 0 Å². The van der Waals surface area contributed by atoms with Crippen LogP contribution in [0, 0.1) is 5.92 Å². The van der Waals surface area contributed by atoms with Gasteiger partial charge >= 0.3 is 12.0 Å². The molecular weight excluding hydrogens is 228 g/mol. The first-order valence-electron chi connectivity index (χ1n) is 5.18. The molecule has 0 fully saturated rings. The van der Waals surface area contributed by atoms with Crippen molar-refractivity contribution in [3.8, 4) is 0 Å². The standard InChI is InChI=1S/C10H20N2O3S/c1-6(16-4)5-11-10(15)12-8(3)7(2)9(13)14/h6-8H,5H2,1-4H3,(H,13,14)(H2,11,12,15). The molecule has 0 saturated heterocycles. The lowest BCUT2D eigenvalue weighted by atomic mass is 10.0. The second-order valence-electron chi connectivity index (χ2n) is 3.82. The summed E-state index contributed by atoms with van der Waals surface area (Å²) < 4.78 is 0. The van der Waals surface area contributed by atoms with Crippen LogP contribution in [0.5, 0.6) is 0 Å². The van der Waals surface area contributed by atoms with Crippen LogP contribution in [0.4, 0.5) is 4.79 Å². The maximum absolute atomic E-state index is 11.4. The van der Waals surface area contributed by atoms with Crippen LogP contribution in [0.3, 0.4) is 0 Å². The van der Waals surface area contributed by atoms with Gasteiger partial charge in [-0.1, -0.05) is 6.92 Å². The van der Waals surface area contributed by atoms with Gasteiger partial charge in [0.1, 0.15) is 0 Å². The van der Waals surface area contributed by atoms with E-state index in [9.17, 15) is 9.59 Å². The van der Waals surface area contributed by atoms with E-state index in [-0.39, 0.29) is 12.1 Å². The molecule has 0 aliphatic rings. The zero-order valence-corrected chi connectivity index (χ0v) is 10.9. The van der Waals surface area contributed by atoms with Gasteiger partial charge in [-0.15, -0.1) is 0 Å². The molecule has 5 nitrogen and oxygen atoms in total. The predicted molar refractivity (Wildman–Crippen MR) is 65.8 cm³/mol. The number of hydrogen-bond donors (Lipinski definition) is 3. The average Bonchev–Trinajstić information content (AvgIpc) is 2.24. The van der Waals surface area contributed by atoms with E-state index in [2.05, 4.69) is 10.6 Å². The molecule has 3 N–H and O–H groups in total. The summed E-state index contributed by atoms with van der Waals surface area (Å²) in [7, 11) is 0. The Balaban J connectivity index is 3.91. The minimum Gasteiger partial charge on any atom is -0.481 e. The van der Waals surface area contributed by atoms with Crippen molar-refractivity contribution in [1.29, 1.82) is 0 Å². The van der Waals surface area contributed by atoms with Crippen LogP contribution < -0.4 is 10.6 Å². The predicted octanol–water partition coefficient (Wildman–Crippen LogP) is 1.15. The molecule has 3 unspecified atom stereocenters. The van der Waals surface area contributed by atoms with Gasteiger partial charge in [-0.2, -0.15) is 11.8 Å². The molecule has 6 heteroatoms. The molecule has 2 amide bonds. The average molecular weight is 248 g/mol. The van der Waals surface area contributed by atoms with E-state index >= 15 is 0 Å². The van der Waals surface area contributed by atoms with Crippen LogP contribution in [0.15, 0.2) is 0 Å². The Bertz CT molecular complexity index is 248. The number of rotatable bonds is 6.